The molecule has 2 aliphatic rings. The first kappa shape index (κ1) is 25.4. The molecule has 4 nitrogen and oxygen atoms in total. The Balaban J connectivity index is 1.66. The molecular formula is C32H31F3N4. The monoisotopic (exact) mass is 528 g/mol. The summed E-state index contributed by atoms with van der Waals surface area (Å²) in [6.07, 6.45) is 0.508. The summed E-state index contributed by atoms with van der Waals surface area (Å²) in [5.74, 6) is 1.47. The number of halogens is 3. The first-order valence-electron chi connectivity index (χ1n) is 13.4. The lowest BCUT2D eigenvalue weighted by molar-refractivity contribution is -0.137. The van der Waals surface area contributed by atoms with Crippen LogP contribution in [0.25, 0.3) is 11.1 Å². The molecule has 3 unspecified atom stereocenters. The molecule has 0 aliphatic carbocycles. The van der Waals surface area contributed by atoms with E-state index in [0.29, 0.717) is 11.4 Å². The van der Waals surface area contributed by atoms with Gasteiger partial charge in [0, 0.05) is 34.6 Å². The minimum Gasteiger partial charge on any atom is -0.301 e. The van der Waals surface area contributed by atoms with E-state index in [1.54, 1.807) is 24.5 Å². The average Bonchev–Trinajstić information content (AvgIpc) is 3.31. The fourth-order valence-corrected chi connectivity index (χ4v) is 6.78. The lowest BCUT2D eigenvalue weighted by Crippen LogP contribution is -2.62. The second-order valence-corrected chi connectivity index (χ2v) is 10.9. The second-order valence-electron chi connectivity index (χ2n) is 10.9. The van der Waals surface area contributed by atoms with Gasteiger partial charge in [-0.3, -0.25) is 0 Å². The lowest BCUT2D eigenvalue weighted by atomic mass is 9.55. The highest BCUT2D eigenvalue weighted by Crippen LogP contribution is 2.64. The Morgan fingerprint density at radius 1 is 0.795 bits per heavy atom. The molecule has 1 aromatic heterocycles. The van der Waals surface area contributed by atoms with E-state index in [1.807, 2.05) is 36.4 Å². The number of alkyl halides is 3. The maximum Gasteiger partial charge on any atom is 0.417 e. The number of nitrogens with zero attached hydrogens (tertiary/aromatic N) is 4. The predicted octanol–water partition coefficient (Wildman–Crippen LogP) is 8.88. The van der Waals surface area contributed by atoms with Gasteiger partial charge in [-0.2, -0.15) is 13.2 Å². The Hall–Kier alpha value is -3.87. The average molecular weight is 529 g/mol. The van der Waals surface area contributed by atoms with Crippen LogP contribution in [0.15, 0.2) is 85.2 Å². The fourth-order valence-electron chi connectivity index (χ4n) is 6.78. The van der Waals surface area contributed by atoms with Gasteiger partial charge in [0.05, 0.1) is 5.56 Å². The molecule has 0 radical (unpaired) electrons. The Morgan fingerprint density at radius 3 is 2.08 bits per heavy atom. The minimum atomic E-state index is -4.45. The van der Waals surface area contributed by atoms with E-state index >= 15 is 0 Å². The van der Waals surface area contributed by atoms with Crippen molar-refractivity contribution < 1.29 is 13.2 Å². The molecule has 0 fully saturated rings. The zero-order chi connectivity index (χ0) is 27.6. The lowest BCUT2D eigenvalue weighted by Gasteiger charge is -2.58. The van der Waals surface area contributed by atoms with E-state index in [1.165, 1.54) is 6.07 Å². The van der Waals surface area contributed by atoms with Crippen molar-refractivity contribution in [3.8, 4) is 11.1 Å². The summed E-state index contributed by atoms with van der Waals surface area (Å²) in [5.41, 5.74) is 2.55. The number of hydrogen-bond donors (Lipinski definition) is 0. The van der Waals surface area contributed by atoms with Gasteiger partial charge in [-0.05, 0) is 53.8 Å². The van der Waals surface area contributed by atoms with Crippen LogP contribution >= 0.6 is 0 Å². The van der Waals surface area contributed by atoms with Crippen LogP contribution in [0.4, 0.5) is 36.2 Å². The van der Waals surface area contributed by atoms with Gasteiger partial charge in [-0.25, -0.2) is 9.97 Å². The van der Waals surface area contributed by atoms with E-state index in [9.17, 15) is 13.2 Å². The largest absolute Gasteiger partial charge is 0.417 e. The number of aromatic nitrogens is 2. The third-order valence-corrected chi connectivity index (χ3v) is 9.31. The predicted molar refractivity (Wildman–Crippen MR) is 149 cm³/mol. The highest BCUT2D eigenvalue weighted by molar-refractivity contribution is 5.88. The van der Waals surface area contributed by atoms with Gasteiger partial charge >= 0.3 is 6.18 Å². The smallest absolute Gasteiger partial charge is 0.301 e. The van der Waals surface area contributed by atoms with Crippen LogP contribution in [0.1, 0.15) is 51.7 Å². The van der Waals surface area contributed by atoms with Crippen LogP contribution in [0.3, 0.4) is 0 Å². The van der Waals surface area contributed by atoms with E-state index in [4.69, 9.17) is 9.97 Å². The van der Waals surface area contributed by atoms with Crippen LogP contribution in [0.2, 0.25) is 0 Å². The van der Waals surface area contributed by atoms with Crippen molar-refractivity contribution in [2.45, 2.75) is 58.3 Å². The maximum absolute atomic E-state index is 14.0. The second kappa shape index (κ2) is 8.83. The molecule has 6 rings (SSSR count). The van der Waals surface area contributed by atoms with Crippen molar-refractivity contribution in [1.82, 2.24) is 9.97 Å². The molecule has 0 N–H and O–H groups in total. The molecule has 3 atom stereocenters. The van der Waals surface area contributed by atoms with Crippen molar-refractivity contribution in [1.29, 1.82) is 0 Å². The molecule has 3 heterocycles. The molecule has 4 aromatic rings. The zero-order valence-electron chi connectivity index (χ0n) is 22.5. The quantitative estimate of drug-likeness (QED) is 0.265. The minimum absolute atomic E-state index is 0.171. The molecule has 3 aromatic carbocycles. The molecule has 0 saturated carbocycles. The maximum atomic E-state index is 14.0. The zero-order valence-corrected chi connectivity index (χ0v) is 22.5. The van der Waals surface area contributed by atoms with Crippen molar-refractivity contribution in [3.05, 3.63) is 96.3 Å². The molecule has 2 aliphatic heterocycles. The van der Waals surface area contributed by atoms with Gasteiger partial charge in [0.1, 0.15) is 6.17 Å². The molecule has 39 heavy (non-hydrogen) atoms. The number of rotatable bonds is 4. The van der Waals surface area contributed by atoms with Gasteiger partial charge in [0.25, 0.3) is 0 Å². The van der Waals surface area contributed by atoms with Gasteiger partial charge in [0.2, 0.25) is 0 Å². The third-order valence-electron chi connectivity index (χ3n) is 9.31. The Morgan fingerprint density at radius 2 is 1.44 bits per heavy atom. The summed E-state index contributed by atoms with van der Waals surface area (Å²) in [5, 5.41) is 0. The molecular weight excluding hydrogens is 497 g/mol. The molecule has 0 spiro atoms. The third kappa shape index (κ3) is 3.51. The summed E-state index contributed by atoms with van der Waals surface area (Å²) in [4.78, 5) is 14.1. The first-order valence-corrected chi connectivity index (χ1v) is 13.4. The van der Waals surface area contributed by atoms with Gasteiger partial charge in [-0.15, -0.1) is 0 Å². The van der Waals surface area contributed by atoms with E-state index < -0.39 is 11.7 Å². The normalized spacial score (nSPS) is 23.8. The first-order chi connectivity index (χ1) is 18.7. The Kier molecular flexibility index (Phi) is 5.75. The molecule has 0 bridgehead atoms. The van der Waals surface area contributed by atoms with E-state index in [0.717, 1.165) is 41.7 Å². The molecule has 0 amide bonds. The van der Waals surface area contributed by atoms with Crippen LogP contribution in [-0.4, -0.2) is 16.1 Å². The number of anilines is 4. The number of hydrogen-bond acceptors (Lipinski definition) is 4. The van der Waals surface area contributed by atoms with Crippen LogP contribution in [0.5, 0.6) is 0 Å². The van der Waals surface area contributed by atoms with Gasteiger partial charge in [-0.1, -0.05) is 76.2 Å². The number of benzene rings is 3. The van der Waals surface area contributed by atoms with Crippen LogP contribution < -0.4 is 9.80 Å². The summed E-state index contributed by atoms with van der Waals surface area (Å²) >= 11 is 0. The molecule has 7 heteroatoms. The molecule has 0 saturated heterocycles. The Labute approximate surface area is 227 Å². The van der Waals surface area contributed by atoms with Crippen molar-refractivity contribution in [3.63, 3.8) is 0 Å². The van der Waals surface area contributed by atoms with Gasteiger partial charge < -0.3 is 9.80 Å². The Bertz CT molecular complexity index is 1540. The van der Waals surface area contributed by atoms with Crippen molar-refractivity contribution >= 4 is 23.0 Å². The summed E-state index contributed by atoms with van der Waals surface area (Å²) in [6, 6.07) is 21.8. The SMILES string of the molecule is CCC1(C)c2ccc(-c3ccccc3C(F)(F)F)cc2N2c3nccnc3N(c3ccccc3)C2C1(C)CC. The topological polar surface area (TPSA) is 32.3 Å². The van der Waals surface area contributed by atoms with Gasteiger partial charge in [0.15, 0.2) is 11.6 Å². The van der Waals surface area contributed by atoms with Crippen LogP contribution in [-0.2, 0) is 11.6 Å². The summed E-state index contributed by atoms with van der Waals surface area (Å²) in [7, 11) is 0. The molecule has 200 valence electrons. The number of para-hydroxylation sites is 1. The van der Waals surface area contributed by atoms with Crippen molar-refractivity contribution in [2.75, 3.05) is 9.80 Å². The highest BCUT2D eigenvalue weighted by atomic mass is 19.4. The standard InChI is InChI=1S/C32H31F3N4/c1-5-30(3)25-17-16-21(23-14-10-11-15-24(23)32(33,34)35)20-26(25)39-28-27(36-18-19-37-28)38(22-12-8-7-9-13-22)29(39)31(30,4)6-2/h7-20,29H,5-6H2,1-4H3. The van der Waals surface area contributed by atoms with E-state index in [-0.39, 0.29) is 22.6 Å². The van der Waals surface area contributed by atoms with E-state index in [2.05, 4.69) is 49.6 Å². The van der Waals surface area contributed by atoms with Crippen LogP contribution in [0, 0.1) is 5.41 Å². The number of fused-ring (bicyclic) bond motifs is 5. The highest BCUT2D eigenvalue weighted by Gasteiger charge is 2.61. The van der Waals surface area contributed by atoms with Crippen molar-refractivity contribution in [2.24, 2.45) is 5.41 Å². The summed E-state index contributed by atoms with van der Waals surface area (Å²) < 4.78 is 42.0. The fraction of sp³-hybridized carbons (Fsp3) is 0.312. The summed E-state index contributed by atoms with van der Waals surface area (Å²) in [6.45, 7) is 9.04.